The molecule has 0 fully saturated rings. The summed E-state index contributed by atoms with van der Waals surface area (Å²) in [7, 11) is 0. The number of nitrogens with zero attached hydrogens (tertiary/aromatic N) is 1. The largest absolute Gasteiger partial charge is 0.440 e. The molecule has 1 amide bonds. The van der Waals surface area contributed by atoms with Gasteiger partial charge in [0.1, 0.15) is 5.52 Å². The molecule has 1 aromatic heterocycles. The number of carbonyl (C=O) groups excluding carboxylic acids is 1. The molecule has 0 spiro atoms. The van der Waals surface area contributed by atoms with Crippen molar-refractivity contribution in [1.82, 2.24) is 4.98 Å². The fraction of sp³-hybridized carbons (Fsp3) is 0.0476. The molecule has 4 nitrogen and oxygen atoms in total. The molecule has 0 aliphatic carbocycles. The van der Waals surface area contributed by atoms with Crippen LogP contribution in [0.4, 0.5) is 5.69 Å². The Balaban J connectivity index is 1.55. The number of carbonyl (C=O) groups is 1. The third kappa shape index (κ3) is 3.97. The van der Waals surface area contributed by atoms with Crippen LogP contribution in [0.2, 0.25) is 10.0 Å². The van der Waals surface area contributed by atoms with Crippen LogP contribution in [0.1, 0.15) is 21.8 Å². The molecule has 4 aromatic rings. The third-order valence-electron chi connectivity index (χ3n) is 4.06. The van der Waals surface area contributed by atoms with E-state index in [4.69, 9.17) is 27.6 Å². The van der Waals surface area contributed by atoms with Crippen molar-refractivity contribution < 1.29 is 9.21 Å². The molecular weight excluding hydrogens is 383 g/mol. The van der Waals surface area contributed by atoms with E-state index in [0.29, 0.717) is 44.7 Å². The van der Waals surface area contributed by atoms with Gasteiger partial charge in [-0.15, -0.1) is 0 Å². The highest BCUT2D eigenvalue weighted by atomic mass is 35.5. The lowest BCUT2D eigenvalue weighted by molar-refractivity contribution is 0.102. The summed E-state index contributed by atoms with van der Waals surface area (Å²) < 4.78 is 5.79. The van der Waals surface area contributed by atoms with Gasteiger partial charge in [0.15, 0.2) is 11.5 Å². The fourth-order valence-corrected chi connectivity index (χ4v) is 3.27. The molecule has 3 aromatic carbocycles. The van der Waals surface area contributed by atoms with Crippen LogP contribution in [-0.2, 0) is 6.42 Å². The van der Waals surface area contributed by atoms with E-state index >= 15 is 0 Å². The first-order valence-corrected chi connectivity index (χ1v) is 9.04. The van der Waals surface area contributed by atoms with Gasteiger partial charge in [-0.1, -0.05) is 53.5 Å². The van der Waals surface area contributed by atoms with Crippen LogP contribution in [-0.4, -0.2) is 10.9 Å². The lowest BCUT2D eigenvalue weighted by atomic mass is 10.1. The van der Waals surface area contributed by atoms with Gasteiger partial charge in [-0.05, 0) is 42.0 Å². The van der Waals surface area contributed by atoms with Crippen molar-refractivity contribution in [1.29, 1.82) is 0 Å². The molecule has 0 aliphatic heterocycles. The monoisotopic (exact) mass is 396 g/mol. The molecule has 0 unspecified atom stereocenters. The van der Waals surface area contributed by atoms with Gasteiger partial charge in [0, 0.05) is 17.1 Å². The number of halogens is 2. The van der Waals surface area contributed by atoms with E-state index < -0.39 is 0 Å². The summed E-state index contributed by atoms with van der Waals surface area (Å²) >= 11 is 12.0. The molecule has 6 heteroatoms. The van der Waals surface area contributed by atoms with Crippen molar-refractivity contribution in [3.63, 3.8) is 0 Å². The smallest absolute Gasteiger partial charge is 0.257 e. The number of fused-ring (bicyclic) bond motifs is 1. The van der Waals surface area contributed by atoms with E-state index in [1.165, 1.54) is 6.07 Å². The Bertz CT molecular complexity index is 1120. The number of aromatic nitrogens is 1. The topological polar surface area (TPSA) is 55.1 Å². The second-order valence-corrected chi connectivity index (χ2v) is 6.87. The Kier molecular flexibility index (Phi) is 4.84. The number of amides is 1. The molecule has 0 saturated heterocycles. The molecule has 0 atom stereocenters. The average molecular weight is 397 g/mol. The number of hydrogen-bond acceptors (Lipinski definition) is 3. The van der Waals surface area contributed by atoms with Crippen LogP contribution in [0.15, 0.2) is 71.1 Å². The van der Waals surface area contributed by atoms with Gasteiger partial charge in [-0.25, -0.2) is 4.98 Å². The minimum absolute atomic E-state index is 0.299. The molecule has 1 N–H and O–H groups in total. The molecule has 134 valence electrons. The van der Waals surface area contributed by atoms with Gasteiger partial charge < -0.3 is 9.73 Å². The van der Waals surface area contributed by atoms with Gasteiger partial charge in [-0.2, -0.15) is 0 Å². The minimum atomic E-state index is -0.316. The highest BCUT2D eigenvalue weighted by molar-refractivity contribution is 6.37. The summed E-state index contributed by atoms with van der Waals surface area (Å²) in [5, 5.41) is 3.60. The zero-order chi connectivity index (χ0) is 18.8. The number of nitrogens with one attached hydrogen (secondary N) is 1. The Morgan fingerprint density at radius 3 is 2.59 bits per heavy atom. The van der Waals surface area contributed by atoms with Crippen LogP contribution in [0.3, 0.4) is 0 Å². The molecular formula is C21H14Cl2N2O2. The molecule has 0 bridgehead atoms. The van der Waals surface area contributed by atoms with Crippen molar-refractivity contribution in [3.05, 3.63) is 93.8 Å². The number of hydrogen-bond donors (Lipinski definition) is 1. The normalized spacial score (nSPS) is 10.9. The highest BCUT2D eigenvalue weighted by Crippen LogP contribution is 2.24. The molecule has 27 heavy (non-hydrogen) atoms. The summed E-state index contributed by atoms with van der Waals surface area (Å²) in [6.45, 7) is 0. The lowest BCUT2D eigenvalue weighted by Gasteiger charge is -2.06. The van der Waals surface area contributed by atoms with Gasteiger partial charge in [0.25, 0.3) is 5.91 Å². The van der Waals surface area contributed by atoms with Crippen molar-refractivity contribution in [2.45, 2.75) is 6.42 Å². The predicted octanol–water partition coefficient (Wildman–Crippen LogP) is 5.98. The Morgan fingerprint density at radius 2 is 1.81 bits per heavy atom. The minimum Gasteiger partial charge on any atom is -0.440 e. The summed E-state index contributed by atoms with van der Waals surface area (Å²) in [6.07, 6.45) is 0.609. The number of anilines is 1. The van der Waals surface area contributed by atoms with Crippen LogP contribution >= 0.6 is 23.2 Å². The quantitative estimate of drug-likeness (QED) is 0.461. The van der Waals surface area contributed by atoms with Crippen LogP contribution in [0.5, 0.6) is 0 Å². The SMILES string of the molecule is O=C(Nc1ccc2oc(Cc3ccccc3)nc2c1)c1ccc(Cl)cc1Cl. The highest BCUT2D eigenvalue weighted by Gasteiger charge is 2.13. The molecule has 0 saturated carbocycles. The molecule has 0 radical (unpaired) electrons. The van der Waals surface area contributed by atoms with E-state index in [1.54, 1.807) is 30.3 Å². The van der Waals surface area contributed by atoms with Crippen molar-refractivity contribution in [2.75, 3.05) is 5.32 Å². The van der Waals surface area contributed by atoms with Gasteiger partial charge in [-0.3, -0.25) is 4.79 Å². The standard InChI is InChI=1S/C21H14Cl2N2O2/c22-14-6-8-16(17(23)11-14)21(26)24-15-7-9-19-18(12-15)25-20(27-19)10-13-4-2-1-3-5-13/h1-9,11-12H,10H2,(H,24,26). The first-order valence-electron chi connectivity index (χ1n) is 8.28. The number of oxazole rings is 1. The summed E-state index contributed by atoms with van der Waals surface area (Å²) in [4.78, 5) is 17.0. The van der Waals surface area contributed by atoms with E-state index in [2.05, 4.69) is 10.3 Å². The maximum atomic E-state index is 12.4. The van der Waals surface area contributed by atoms with Crippen LogP contribution in [0, 0.1) is 0 Å². The first-order chi connectivity index (χ1) is 13.1. The van der Waals surface area contributed by atoms with Gasteiger partial charge in [0.05, 0.1) is 10.6 Å². The predicted molar refractivity (Wildman–Crippen MR) is 108 cm³/mol. The summed E-state index contributed by atoms with van der Waals surface area (Å²) in [5.74, 6) is 0.310. The fourth-order valence-electron chi connectivity index (χ4n) is 2.77. The van der Waals surface area contributed by atoms with E-state index in [1.807, 2.05) is 30.3 Å². The van der Waals surface area contributed by atoms with Gasteiger partial charge in [0.2, 0.25) is 0 Å². The van der Waals surface area contributed by atoms with Crippen molar-refractivity contribution in [2.24, 2.45) is 0 Å². The number of rotatable bonds is 4. The first kappa shape index (κ1) is 17.6. The molecule has 4 rings (SSSR count). The summed E-state index contributed by atoms with van der Waals surface area (Å²) in [5.41, 5.74) is 3.43. The lowest BCUT2D eigenvalue weighted by Crippen LogP contribution is -2.12. The van der Waals surface area contributed by atoms with E-state index in [-0.39, 0.29) is 5.91 Å². The van der Waals surface area contributed by atoms with Crippen molar-refractivity contribution in [3.8, 4) is 0 Å². The van der Waals surface area contributed by atoms with E-state index in [9.17, 15) is 4.79 Å². The zero-order valence-corrected chi connectivity index (χ0v) is 15.6. The number of benzene rings is 3. The second kappa shape index (κ2) is 7.43. The third-order valence-corrected chi connectivity index (χ3v) is 4.61. The Hall–Kier alpha value is -2.82. The van der Waals surface area contributed by atoms with Crippen LogP contribution < -0.4 is 5.32 Å². The second-order valence-electron chi connectivity index (χ2n) is 6.03. The maximum Gasteiger partial charge on any atom is 0.257 e. The van der Waals surface area contributed by atoms with Gasteiger partial charge >= 0.3 is 0 Å². The Labute approximate surface area is 165 Å². The van der Waals surface area contributed by atoms with E-state index in [0.717, 1.165) is 5.56 Å². The Morgan fingerprint density at radius 1 is 1.00 bits per heavy atom. The van der Waals surface area contributed by atoms with Crippen molar-refractivity contribution >= 4 is 45.9 Å². The molecule has 0 aliphatic rings. The molecule has 1 heterocycles. The summed E-state index contributed by atoms with van der Waals surface area (Å²) in [6, 6.07) is 20.1. The zero-order valence-electron chi connectivity index (χ0n) is 14.1. The average Bonchev–Trinajstić information content (AvgIpc) is 3.04. The van der Waals surface area contributed by atoms with Crippen LogP contribution in [0.25, 0.3) is 11.1 Å². The maximum absolute atomic E-state index is 12.4.